The molecule has 0 aromatic heterocycles. The molecule has 0 saturated carbocycles. The summed E-state index contributed by atoms with van der Waals surface area (Å²) in [5.74, 6) is 0.167. The number of alkyl halides is 1. The van der Waals surface area contributed by atoms with Crippen molar-refractivity contribution in [2.75, 3.05) is 13.7 Å². The van der Waals surface area contributed by atoms with E-state index in [1.54, 1.807) is 12.1 Å². The predicted molar refractivity (Wildman–Crippen MR) is 55.7 cm³/mol. The minimum Gasteiger partial charge on any atom is -0.677 e. The molecule has 0 aliphatic carbocycles. The maximum atomic E-state index is 12.5. The van der Waals surface area contributed by atoms with Crippen LogP contribution in [0, 0.1) is 5.82 Å². The Hall–Kier alpha value is 0.676. The zero-order valence-electron chi connectivity index (χ0n) is 9.56. The van der Waals surface area contributed by atoms with E-state index in [1.165, 1.54) is 12.1 Å². The van der Waals surface area contributed by atoms with Gasteiger partial charge in [-0.05, 0) is 23.6 Å². The van der Waals surface area contributed by atoms with Crippen LogP contribution in [0.15, 0.2) is 24.3 Å². The molecule has 0 aliphatic heterocycles. The van der Waals surface area contributed by atoms with E-state index in [9.17, 15) is 8.78 Å². The summed E-state index contributed by atoms with van der Waals surface area (Å²) >= 11 is 0. The maximum absolute atomic E-state index is 12.5. The third kappa shape index (κ3) is 7.55. The van der Waals surface area contributed by atoms with Crippen LogP contribution < -0.4 is 51.4 Å². The molecule has 0 radical (unpaired) electrons. The molecule has 1 rings (SSSR count). The Bertz CT molecular complexity index is 239. The molecule has 0 aliphatic rings. The van der Waals surface area contributed by atoms with E-state index in [4.69, 9.17) is 5.73 Å². The number of hydrogen-bond donors (Lipinski definition) is 0. The van der Waals surface area contributed by atoms with Crippen LogP contribution in [0.3, 0.4) is 0 Å². The van der Waals surface area contributed by atoms with Crippen molar-refractivity contribution in [3.05, 3.63) is 41.4 Å². The Morgan fingerprint density at radius 1 is 1.20 bits per heavy atom. The average molecular weight is 239 g/mol. The van der Waals surface area contributed by atoms with Crippen LogP contribution >= 0.6 is 0 Å². The summed E-state index contributed by atoms with van der Waals surface area (Å²) in [5.41, 5.74) is 8.17. The molecular formula is C11H16F2KN. The molecule has 15 heavy (non-hydrogen) atoms. The van der Waals surface area contributed by atoms with Crippen molar-refractivity contribution >= 4 is 0 Å². The second-order valence-electron chi connectivity index (χ2n) is 2.99. The second kappa shape index (κ2) is 11.2. The molecule has 0 spiro atoms. The molecule has 0 bridgehead atoms. The number of nitrogens with one attached hydrogen (secondary N) is 1. The van der Waals surface area contributed by atoms with Gasteiger partial charge in [-0.3, -0.25) is 4.39 Å². The van der Waals surface area contributed by atoms with Crippen molar-refractivity contribution < 1.29 is 60.2 Å². The quantitative estimate of drug-likeness (QED) is 0.702. The molecule has 1 nitrogen and oxygen atoms in total. The number of halogens is 2. The molecule has 80 valence electrons. The van der Waals surface area contributed by atoms with E-state index in [1.807, 2.05) is 0 Å². The number of benzene rings is 1. The van der Waals surface area contributed by atoms with E-state index >= 15 is 0 Å². The second-order valence-corrected chi connectivity index (χ2v) is 2.99. The van der Waals surface area contributed by atoms with Crippen LogP contribution in [0.4, 0.5) is 8.78 Å². The minimum absolute atomic E-state index is 0. The van der Waals surface area contributed by atoms with Gasteiger partial charge in [0.05, 0.1) is 7.18 Å². The van der Waals surface area contributed by atoms with Crippen molar-refractivity contribution in [3.63, 3.8) is 0 Å². The third-order valence-electron chi connectivity index (χ3n) is 2.02. The van der Waals surface area contributed by atoms with Crippen LogP contribution in [-0.4, -0.2) is 13.7 Å². The molecule has 1 N–H and O–H groups in total. The van der Waals surface area contributed by atoms with E-state index in [-0.39, 0.29) is 57.2 Å². The zero-order chi connectivity index (χ0) is 11.0. The normalized spacial score (nSPS) is 10.7. The first kappa shape index (κ1) is 18.1. The Kier molecular flexibility index (Phi) is 13.4. The van der Waals surface area contributed by atoms with E-state index in [2.05, 4.69) is 6.92 Å². The van der Waals surface area contributed by atoms with Gasteiger partial charge >= 0.3 is 51.4 Å². The Morgan fingerprint density at radius 3 is 2.07 bits per heavy atom. The van der Waals surface area contributed by atoms with Gasteiger partial charge in [0.2, 0.25) is 0 Å². The van der Waals surface area contributed by atoms with Crippen molar-refractivity contribution in [2.45, 2.75) is 19.3 Å². The van der Waals surface area contributed by atoms with Gasteiger partial charge in [0, 0.05) is 0 Å². The van der Waals surface area contributed by atoms with Crippen molar-refractivity contribution in [1.82, 2.24) is 0 Å². The van der Waals surface area contributed by atoms with Crippen LogP contribution in [0.2, 0.25) is 0 Å². The smallest absolute Gasteiger partial charge is 0.677 e. The van der Waals surface area contributed by atoms with Crippen molar-refractivity contribution in [3.8, 4) is 0 Å². The molecular weight excluding hydrogens is 223 g/mol. The van der Waals surface area contributed by atoms with Gasteiger partial charge in [0.25, 0.3) is 0 Å². The molecule has 0 amide bonds. The fraction of sp³-hybridized carbons (Fsp3) is 0.455. The summed E-state index contributed by atoms with van der Waals surface area (Å²) in [4.78, 5) is 0. The summed E-state index contributed by atoms with van der Waals surface area (Å²) in [5, 5.41) is 0. The summed E-state index contributed by atoms with van der Waals surface area (Å²) < 4.78 is 22.0. The zero-order valence-corrected chi connectivity index (χ0v) is 12.7. The SMILES string of the molecule is CC(CC[NH-])c1ccc(F)cc1.CF.[K+]. The Morgan fingerprint density at radius 2 is 1.67 bits per heavy atom. The van der Waals surface area contributed by atoms with Crippen molar-refractivity contribution in [1.29, 1.82) is 0 Å². The summed E-state index contributed by atoms with van der Waals surface area (Å²) in [7, 11) is 0.500. The minimum atomic E-state index is -0.197. The van der Waals surface area contributed by atoms with Crippen molar-refractivity contribution in [2.24, 2.45) is 0 Å². The molecule has 4 heteroatoms. The van der Waals surface area contributed by atoms with Gasteiger partial charge < -0.3 is 5.73 Å². The molecule has 1 atom stereocenters. The van der Waals surface area contributed by atoms with E-state index in [0.717, 1.165) is 12.0 Å². The fourth-order valence-electron chi connectivity index (χ4n) is 1.17. The number of hydrogen-bond acceptors (Lipinski definition) is 0. The summed E-state index contributed by atoms with van der Waals surface area (Å²) in [6.45, 7) is 2.49. The third-order valence-corrected chi connectivity index (χ3v) is 2.02. The number of rotatable bonds is 3. The van der Waals surface area contributed by atoms with Crippen LogP contribution in [0.5, 0.6) is 0 Å². The van der Waals surface area contributed by atoms with Gasteiger partial charge in [0.1, 0.15) is 5.82 Å². The fourth-order valence-corrected chi connectivity index (χ4v) is 1.17. The predicted octanol–water partition coefficient (Wildman–Crippen LogP) is 0.961. The molecule has 0 fully saturated rings. The van der Waals surface area contributed by atoms with Gasteiger partial charge in [-0.1, -0.05) is 25.5 Å². The Labute approximate surface area is 133 Å². The standard InChI is InChI=1S/C10H13FN.CH3F.K/c1-8(6-7-12)9-2-4-10(11)5-3-9;1-2;/h2-5,8,12H,6-7H2,1H3;1H3;/q-1;;+1. The van der Waals surface area contributed by atoms with Gasteiger partial charge in [-0.25, -0.2) is 4.39 Å². The topological polar surface area (TPSA) is 23.8 Å². The molecule has 1 aromatic rings. The average Bonchev–Trinajstić information content (AvgIpc) is 2.22. The van der Waals surface area contributed by atoms with Gasteiger partial charge in [-0.2, -0.15) is 6.54 Å². The molecule has 1 unspecified atom stereocenters. The van der Waals surface area contributed by atoms with Gasteiger partial charge in [-0.15, -0.1) is 0 Å². The summed E-state index contributed by atoms with van der Waals surface area (Å²) in [6.07, 6.45) is 0.839. The first-order valence-corrected chi connectivity index (χ1v) is 4.52. The Balaban J connectivity index is 0. The molecule has 0 saturated heterocycles. The summed E-state index contributed by atoms with van der Waals surface area (Å²) in [6, 6.07) is 6.51. The van der Waals surface area contributed by atoms with Gasteiger partial charge in [0.15, 0.2) is 0 Å². The van der Waals surface area contributed by atoms with E-state index in [0.29, 0.717) is 19.6 Å². The van der Waals surface area contributed by atoms with E-state index < -0.39 is 0 Å². The van der Waals surface area contributed by atoms with Crippen LogP contribution in [-0.2, 0) is 0 Å². The van der Waals surface area contributed by atoms with Crippen LogP contribution in [0.25, 0.3) is 5.73 Å². The molecule has 1 aromatic carbocycles. The monoisotopic (exact) mass is 239 g/mol. The first-order chi connectivity index (χ1) is 6.74. The largest absolute Gasteiger partial charge is 1.00 e. The van der Waals surface area contributed by atoms with Crippen LogP contribution in [0.1, 0.15) is 24.8 Å². The molecule has 0 heterocycles. The maximum Gasteiger partial charge on any atom is 1.00 e. The first-order valence-electron chi connectivity index (χ1n) is 4.52.